The molecule has 0 aromatic rings. The van der Waals surface area contributed by atoms with Gasteiger partial charge in [-0.1, -0.05) is 6.58 Å². The second kappa shape index (κ2) is 9.07. The molecule has 6 nitrogen and oxygen atoms in total. The predicted molar refractivity (Wildman–Crippen MR) is 74.0 cm³/mol. The lowest BCUT2D eigenvalue weighted by Crippen LogP contribution is -2.64. The highest BCUT2D eigenvalue weighted by molar-refractivity contribution is 5.83. The lowest BCUT2D eigenvalue weighted by molar-refractivity contribution is -0.358. The molecule has 0 saturated carbocycles. The van der Waals surface area contributed by atoms with Gasteiger partial charge in [-0.2, -0.15) is 52.7 Å². The van der Waals surface area contributed by atoms with Crippen LogP contribution in [-0.2, 0) is 23.8 Å². The van der Waals surface area contributed by atoms with E-state index in [9.17, 15) is 62.3 Å². The number of alkyl halides is 12. The summed E-state index contributed by atoms with van der Waals surface area (Å²) < 4.78 is 163. The van der Waals surface area contributed by atoms with Gasteiger partial charge < -0.3 is 19.3 Å². The molecular formula is C14H10F12O6. The molecule has 0 aliphatic heterocycles. The van der Waals surface area contributed by atoms with Crippen LogP contribution in [0, 0.1) is 0 Å². The van der Waals surface area contributed by atoms with E-state index in [1.165, 1.54) is 0 Å². The van der Waals surface area contributed by atoms with Crippen molar-refractivity contribution in [3.63, 3.8) is 0 Å². The SMILES string of the molecule is C=C(C)OC(=O)C(OC=CCOC(=O)C(O)(C(F)(F)F)C(F)(F)F)(C(F)(F)F)C(F)(F)F. The fraction of sp³-hybridized carbons (Fsp3) is 0.571. The smallest absolute Gasteiger partial charge is 0.449 e. The Balaban J connectivity index is 5.76. The Morgan fingerprint density at radius 2 is 1.22 bits per heavy atom. The minimum Gasteiger partial charge on any atom is -0.468 e. The summed E-state index contributed by atoms with van der Waals surface area (Å²) in [5, 5.41) is 8.66. The molecule has 0 rings (SSSR count). The second-order valence-electron chi connectivity index (χ2n) is 5.56. The predicted octanol–water partition coefficient (Wildman–Crippen LogP) is 3.86. The molecule has 0 saturated heterocycles. The number of halogens is 12. The average molecular weight is 502 g/mol. The van der Waals surface area contributed by atoms with Gasteiger partial charge in [0.25, 0.3) is 0 Å². The van der Waals surface area contributed by atoms with Crippen molar-refractivity contribution < 1.29 is 81.6 Å². The molecule has 32 heavy (non-hydrogen) atoms. The largest absolute Gasteiger partial charge is 0.468 e. The van der Waals surface area contributed by atoms with Crippen LogP contribution in [0.5, 0.6) is 0 Å². The van der Waals surface area contributed by atoms with Gasteiger partial charge in [0.05, 0.1) is 12.0 Å². The topological polar surface area (TPSA) is 82.1 Å². The molecule has 1 N–H and O–H groups in total. The number of hydrogen-bond acceptors (Lipinski definition) is 6. The molecule has 0 aromatic heterocycles. The zero-order valence-corrected chi connectivity index (χ0v) is 15.1. The van der Waals surface area contributed by atoms with Crippen LogP contribution in [0.2, 0.25) is 0 Å². The van der Waals surface area contributed by atoms with Crippen LogP contribution in [0.1, 0.15) is 6.92 Å². The number of carbonyl (C=O) groups excluding carboxylic acids is 2. The van der Waals surface area contributed by atoms with Gasteiger partial charge >= 0.3 is 47.8 Å². The highest BCUT2D eigenvalue weighted by atomic mass is 19.4. The van der Waals surface area contributed by atoms with Gasteiger partial charge in [-0.05, 0) is 13.0 Å². The van der Waals surface area contributed by atoms with Crippen LogP contribution < -0.4 is 0 Å². The highest BCUT2D eigenvalue weighted by Gasteiger charge is 2.80. The third-order valence-electron chi connectivity index (χ3n) is 3.12. The van der Waals surface area contributed by atoms with E-state index in [1.807, 2.05) is 0 Å². The zero-order chi connectivity index (χ0) is 26.0. The van der Waals surface area contributed by atoms with Crippen LogP contribution >= 0.6 is 0 Å². The van der Waals surface area contributed by atoms with Crippen LogP contribution in [0.15, 0.2) is 24.7 Å². The van der Waals surface area contributed by atoms with Crippen molar-refractivity contribution in [2.75, 3.05) is 6.61 Å². The number of rotatable bonds is 7. The summed E-state index contributed by atoms with van der Waals surface area (Å²) in [7, 11) is 0. The molecular weight excluding hydrogens is 492 g/mol. The first kappa shape index (κ1) is 29.3. The first-order valence-corrected chi connectivity index (χ1v) is 7.34. The molecule has 186 valence electrons. The lowest BCUT2D eigenvalue weighted by atomic mass is 10.0. The molecule has 0 atom stereocenters. The average Bonchev–Trinajstić information content (AvgIpc) is 2.51. The summed E-state index contributed by atoms with van der Waals surface area (Å²) >= 11 is 0. The van der Waals surface area contributed by atoms with Gasteiger partial charge in [-0.15, -0.1) is 0 Å². The van der Waals surface area contributed by atoms with Crippen LogP contribution in [-0.4, -0.2) is 59.6 Å². The molecule has 0 radical (unpaired) electrons. The number of aliphatic hydroxyl groups is 1. The van der Waals surface area contributed by atoms with Gasteiger partial charge in [-0.3, -0.25) is 0 Å². The Bertz CT molecular complexity index is 715. The monoisotopic (exact) mass is 502 g/mol. The minimum absolute atomic E-state index is 0.231. The van der Waals surface area contributed by atoms with Crippen molar-refractivity contribution in [3.8, 4) is 0 Å². The molecule has 0 spiro atoms. The third-order valence-corrected chi connectivity index (χ3v) is 3.12. The summed E-state index contributed by atoms with van der Waals surface area (Å²) in [6.07, 6.45) is -27.3. The van der Waals surface area contributed by atoms with E-state index >= 15 is 0 Å². The van der Waals surface area contributed by atoms with Gasteiger partial charge in [-0.25, -0.2) is 9.59 Å². The van der Waals surface area contributed by atoms with E-state index in [0.717, 1.165) is 0 Å². The second-order valence-corrected chi connectivity index (χ2v) is 5.56. The summed E-state index contributed by atoms with van der Waals surface area (Å²) in [6.45, 7) is 1.58. The van der Waals surface area contributed by atoms with E-state index in [2.05, 4.69) is 20.8 Å². The van der Waals surface area contributed by atoms with E-state index < -0.39 is 66.5 Å². The maximum absolute atomic E-state index is 13.1. The Labute approximate surface area is 169 Å². The number of ether oxygens (including phenoxy) is 3. The molecule has 0 aliphatic carbocycles. The summed E-state index contributed by atoms with van der Waals surface area (Å²) in [6, 6.07) is 0. The van der Waals surface area contributed by atoms with Crippen molar-refractivity contribution in [1.82, 2.24) is 0 Å². The first-order valence-electron chi connectivity index (χ1n) is 7.34. The van der Waals surface area contributed by atoms with E-state index in [4.69, 9.17) is 5.11 Å². The maximum Gasteiger partial charge on any atom is 0.449 e. The quantitative estimate of drug-likeness (QED) is 0.324. The fourth-order valence-corrected chi connectivity index (χ4v) is 1.61. The van der Waals surface area contributed by atoms with Crippen LogP contribution in [0.25, 0.3) is 0 Å². The molecule has 0 aliphatic rings. The van der Waals surface area contributed by atoms with Gasteiger partial charge in [0, 0.05) is 0 Å². The fourth-order valence-electron chi connectivity index (χ4n) is 1.61. The number of allylic oxidation sites excluding steroid dienone is 1. The maximum atomic E-state index is 13.1. The third kappa shape index (κ3) is 5.57. The lowest BCUT2D eigenvalue weighted by Gasteiger charge is -2.33. The standard InChI is InChI=1S/C14H10F12O6/c1-6(2)32-8(28)10(13(21,22)23,14(24,25)26)31-5-3-4-30-7(27)9(29,11(15,16)17)12(18,19)20/h3,5,29H,1,4H2,2H3. The van der Waals surface area contributed by atoms with Crippen molar-refractivity contribution in [2.45, 2.75) is 42.8 Å². The molecule has 0 unspecified atom stereocenters. The first-order chi connectivity index (χ1) is 14.0. The Morgan fingerprint density at radius 3 is 1.53 bits per heavy atom. The molecule has 0 aromatic carbocycles. The molecule has 0 bridgehead atoms. The number of hydrogen-bond donors (Lipinski definition) is 1. The summed E-state index contributed by atoms with van der Waals surface area (Å²) in [5.74, 6) is -7.43. The van der Waals surface area contributed by atoms with Crippen molar-refractivity contribution in [2.24, 2.45) is 0 Å². The van der Waals surface area contributed by atoms with E-state index in [0.29, 0.717) is 6.92 Å². The van der Waals surface area contributed by atoms with E-state index in [1.54, 1.807) is 0 Å². The summed E-state index contributed by atoms with van der Waals surface area (Å²) in [5.41, 5.74) is -11.8. The Morgan fingerprint density at radius 1 is 0.812 bits per heavy atom. The van der Waals surface area contributed by atoms with Gasteiger partial charge in [0.1, 0.15) is 6.61 Å². The normalized spacial score (nSPS) is 14.3. The molecule has 0 heterocycles. The molecule has 0 amide bonds. The Kier molecular flexibility index (Phi) is 8.31. The molecule has 0 fully saturated rings. The summed E-state index contributed by atoms with van der Waals surface area (Å²) in [4.78, 5) is 22.5. The van der Waals surface area contributed by atoms with E-state index in [-0.39, 0.29) is 6.08 Å². The highest BCUT2D eigenvalue weighted by Crippen LogP contribution is 2.47. The Hall–Kier alpha value is -2.66. The number of esters is 2. The molecule has 18 heteroatoms. The van der Waals surface area contributed by atoms with Gasteiger partial charge in [0.15, 0.2) is 0 Å². The minimum atomic E-state index is -6.66. The zero-order valence-electron chi connectivity index (χ0n) is 15.1. The van der Waals surface area contributed by atoms with Crippen LogP contribution in [0.3, 0.4) is 0 Å². The number of carbonyl (C=O) groups is 2. The van der Waals surface area contributed by atoms with Gasteiger partial charge in [0.2, 0.25) is 0 Å². The van der Waals surface area contributed by atoms with Crippen molar-refractivity contribution in [1.29, 1.82) is 0 Å². The van der Waals surface area contributed by atoms with Crippen molar-refractivity contribution >= 4 is 11.9 Å². The van der Waals surface area contributed by atoms with Crippen molar-refractivity contribution in [3.05, 3.63) is 24.7 Å². The van der Waals surface area contributed by atoms with Crippen LogP contribution in [0.4, 0.5) is 52.7 Å².